The maximum Gasteiger partial charge on any atom is 0.238 e. The summed E-state index contributed by atoms with van der Waals surface area (Å²) in [4.78, 5) is 16.2. The van der Waals surface area contributed by atoms with E-state index in [1.54, 1.807) is 0 Å². The SMILES string of the molecule is CCC(c1cc(-c2cccc3ccccc23)nc2ccccc12)[N+](=O)[O-]. The van der Waals surface area contributed by atoms with Crippen LogP contribution in [0, 0.1) is 10.1 Å². The van der Waals surface area contributed by atoms with Crippen molar-refractivity contribution in [1.82, 2.24) is 4.98 Å². The Kier molecular flexibility index (Phi) is 4.09. The number of benzene rings is 3. The third-order valence-corrected chi connectivity index (χ3v) is 4.81. The Labute approximate surface area is 151 Å². The Morgan fingerprint density at radius 1 is 0.962 bits per heavy atom. The standard InChI is InChI=1S/C22H18N2O2/c1-2-22(24(25)26)19-14-21(23-20-13-6-5-11-18(19)20)17-12-7-9-15-8-3-4-10-16(15)17/h3-14,22H,2H2,1H3. The molecule has 1 unspecified atom stereocenters. The third kappa shape index (κ3) is 2.69. The summed E-state index contributed by atoms with van der Waals surface area (Å²) in [5.41, 5.74) is 3.28. The highest BCUT2D eigenvalue weighted by molar-refractivity contribution is 5.97. The fraction of sp³-hybridized carbons (Fsp3) is 0.136. The highest BCUT2D eigenvalue weighted by Crippen LogP contribution is 2.34. The quantitative estimate of drug-likeness (QED) is 0.349. The number of para-hydroxylation sites is 1. The fourth-order valence-electron chi connectivity index (χ4n) is 3.55. The first-order chi connectivity index (χ1) is 12.7. The minimum absolute atomic E-state index is 0.200. The van der Waals surface area contributed by atoms with Gasteiger partial charge in [-0.15, -0.1) is 0 Å². The fourth-order valence-corrected chi connectivity index (χ4v) is 3.55. The van der Waals surface area contributed by atoms with Crippen molar-refractivity contribution in [3.05, 3.63) is 88.5 Å². The molecule has 4 heteroatoms. The Morgan fingerprint density at radius 3 is 2.42 bits per heavy atom. The summed E-state index contributed by atoms with van der Waals surface area (Å²) in [6.45, 7) is 1.85. The van der Waals surface area contributed by atoms with Gasteiger partial charge >= 0.3 is 0 Å². The van der Waals surface area contributed by atoms with Crippen molar-refractivity contribution < 1.29 is 4.92 Å². The zero-order chi connectivity index (χ0) is 18.1. The highest BCUT2D eigenvalue weighted by atomic mass is 16.6. The number of pyridine rings is 1. The zero-order valence-electron chi connectivity index (χ0n) is 14.4. The molecule has 0 saturated heterocycles. The molecule has 0 radical (unpaired) electrons. The van der Waals surface area contributed by atoms with Gasteiger partial charge in [0.25, 0.3) is 0 Å². The van der Waals surface area contributed by atoms with Gasteiger partial charge < -0.3 is 0 Å². The summed E-state index contributed by atoms with van der Waals surface area (Å²) in [5.74, 6) is 0. The van der Waals surface area contributed by atoms with E-state index in [0.29, 0.717) is 6.42 Å². The van der Waals surface area contributed by atoms with Gasteiger partial charge in [-0.25, -0.2) is 4.98 Å². The Hall–Kier alpha value is -3.27. The van der Waals surface area contributed by atoms with Gasteiger partial charge in [0.05, 0.1) is 11.2 Å². The average Bonchev–Trinajstić information content (AvgIpc) is 2.67. The summed E-state index contributed by atoms with van der Waals surface area (Å²) < 4.78 is 0. The molecule has 26 heavy (non-hydrogen) atoms. The largest absolute Gasteiger partial charge is 0.264 e. The van der Waals surface area contributed by atoms with Crippen LogP contribution in [-0.2, 0) is 0 Å². The molecule has 0 aliphatic rings. The molecule has 0 aliphatic heterocycles. The molecule has 1 atom stereocenters. The molecule has 1 heterocycles. The molecule has 0 N–H and O–H groups in total. The van der Waals surface area contributed by atoms with Crippen LogP contribution in [0.15, 0.2) is 72.8 Å². The Bertz CT molecular complexity index is 1120. The van der Waals surface area contributed by atoms with E-state index in [9.17, 15) is 10.1 Å². The van der Waals surface area contributed by atoms with E-state index >= 15 is 0 Å². The van der Waals surface area contributed by atoms with E-state index in [-0.39, 0.29) is 4.92 Å². The predicted octanol–water partition coefficient (Wildman–Crippen LogP) is 5.78. The van der Waals surface area contributed by atoms with Crippen molar-refractivity contribution in [2.24, 2.45) is 0 Å². The van der Waals surface area contributed by atoms with Crippen LogP contribution in [-0.4, -0.2) is 9.91 Å². The van der Waals surface area contributed by atoms with Crippen LogP contribution in [0.3, 0.4) is 0 Å². The van der Waals surface area contributed by atoms with Gasteiger partial charge in [0.15, 0.2) is 0 Å². The van der Waals surface area contributed by atoms with Crippen LogP contribution in [0.25, 0.3) is 32.9 Å². The van der Waals surface area contributed by atoms with Gasteiger partial charge in [-0.2, -0.15) is 0 Å². The maximum atomic E-state index is 11.6. The third-order valence-electron chi connectivity index (χ3n) is 4.81. The summed E-state index contributed by atoms with van der Waals surface area (Å²) >= 11 is 0. The normalized spacial score (nSPS) is 12.3. The van der Waals surface area contributed by atoms with Crippen molar-refractivity contribution in [1.29, 1.82) is 0 Å². The van der Waals surface area contributed by atoms with Crippen molar-refractivity contribution in [3.8, 4) is 11.3 Å². The predicted molar refractivity (Wildman–Crippen MR) is 105 cm³/mol. The van der Waals surface area contributed by atoms with Crippen LogP contribution in [0.1, 0.15) is 24.9 Å². The van der Waals surface area contributed by atoms with Gasteiger partial charge in [0.2, 0.25) is 6.04 Å². The molecular formula is C22H18N2O2. The first-order valence-electron chi connectivity index (χ1n) is 8.70. The molecule has 0 saturated carbocycles. The zero-order valence-corrected chi connectivity index (χ0v) is 14.4. The molecule has 4 rings (SSSR count). The second-order valence-electron chi connectivity index (χ2n) is 6.35. The molecule has 128 valence electrons. The van der Waals surface area contributed by atoms with E-state index in [1.165, 1.54) is 0 Å². The summed E-state index contributed by atoms with van der Waals surface area (Å²) in [6, 6.07) is 23.0. The number of rotatable bonds is 4. The van der Waals surface area contributed by atoms with Crippen LogP contribution >= 0.6 is 0 Å². The number of hydrogen-bond acceptors (Lipinski definition) is 3. The number of aromatic nitrogens is 1. The number of nitro groups is 1. The minimum Gasteiger partial charge on any atom is -0.264 e. The molecule has 0 aliphatic carbocycles. The molecule has 4 aromatic rings. The summed E-state index contributed by atoms with van der Waals surface area (Å²) in [6.07, 6.45) is 0.440. The smallest absolute Gasteiger partial charge is 0.238 e. The summed E-state index contributed by atoms with van der Waals surface area (Å²) in [7, 11) is 0. The summed E-state index contributed by atoms with van der Waals surface area (Å²) in [5, 5.41) is 14.7. The van der Waals surface area contributed by atoms with Crippen molar-refractivity contribution in [2.75, 3.05) is 0 Å². The topological polar surface area (TPSA) is 56.0 Å². The lowest BCUT2D eigenvalue weighted by Crippen LogP contribution is -2.10. The second-order valence-corrected chi connectivity index (χ2v) is 6.35. The lowest BCUT2D eigenvalue weighted by atomic mass is 9.95. The molecular weight excluding hydrogens is 324 g/mol. The molecule has 0 spiro atoms. The van der Waals surface area contributed by atoms with Gasteiger partial charge in [-0.3, -0.25) is 10.1 Å². The van der Waals surface area contributed by atoms with Crippen molar-refractivity contribution >= 4 is 21.7 Å². The molecule has 0 bridgehead atoms. The number of nitrogens with zero attached hydrogens (tertiary/aromatic N) is 2. The minimum atomic E-state index is -0.739. The Morgan fingerprint density at radius 2 is 1.65 bits per heavy atom. The molecule has 0 fully saturated rings. The Balaban J connectivity index is 2.03. The van der Waals surface area contributed by atoms with E-state index < -0.39 is 6.04 Å². The highest BCUT2D eigenvalue weighted by Gasteiger charge is 2.24. The first kappa shape index (κ1) is 16.2. The van der Waals surface area contributed by atoms with Crippen LogP contribution in [0.5, 0.6) is 0 Å². The second kappa shape index (κ2) is 6.56. The molecule has 3 aromatic carbocycles. The van der Waals surface area contributed by atoms with Gasteiger partial charge in [-0.05, 0) is 22.9 Å². The van der Waals surface area contributed by atoms with Crippen molar-refractivity contribution in [3.63, 3.8) is 0 Å². The van der Waals surface area contributed by atoms with Gasteiger partial charge in [0.1, 0.15) is 0 Å². The van der Waals surface area contributed by atoms with E-state index in [0.717, 1.165) is 38.5 Å². The first-order valence-corrected chi connectivity index (χ1v) is 8.70. The van der Waals surface area contributed by atoms with Gasteiger partial charge in [-0.1, -0.05) is 67.6 Å². The maximum absolute atomic E-state index is 11.6. The monoisotopic (exact) mass is 342 g/mol. The molecule has 0 amide bonds. The molecule has 4 nitrogen and oxygen atoms in total. The van der Waals surface area contributed by atoms with Crippen LogP contribution < -0.4 is 0 Å². The lowest BCUT2D eigenvalue weighted by Gasteiger charge is -2.14. The van der Waals surface area contributed by atoms with Crippen LogP contribution in [0.4, 0.5) is 0 Å². The average molecular weight is 342 g/mol. The van der Waals surface area contributed by atoms with E-state index in [2.05, 4.69) is 18.2 Å². The van der Waals surface area contributed by atoms with Gasteiger partial charge in [0, 0.05) is 27.9 Å². The van der Waals surface area contributed by atoms with E-state index in [1.807, 2.05) is 61.5 Å². The lowest BCUT2D eigenvalue weighted by molar-refractivity contribution is -0.529. The van der Waals surface area contributed by atoms with E-state index in [4.69, 9.17) is 4.98 Å². The molecule has 1 aromatic heterocycles. The number of hydrogen-bond donors (Lipinski definition) is 0. The van der Waals surface area contributed by atoms with Crippen molar-refractivity contribution in [2.45, 2.75) is 19.4 Å². The van der Waals surface area contributed by atoms with Crippen LogP contribution in [0.2, 0.25) is 0 Å². The number of fused-ring (bicyclic) bond motifs is 2.